The maximum atomic E-state index is 11.3. The normalized spacial score (nSPS) is 11.2. The minimum absolute atomic E-state index is 0.162. The first-order chi connectivity index (χ1) is 11.0. The van der Waals surface area contributed by atoms with E-state index in [0.717, 1.165) is 5.56 Å². The van der Waals surface area contributed by atoms with Crippen LogP contribution in [0.2, 0.25) is 5.02 Å². The molecule has 0 spiro atoms. The summed E-state index contributed by atoms with van der Waals surface area (Å²) in [6.07, 6.45) is 0. The predicted molar refractivity (Wildman–Crippen MR) is 88.1 cm³/mol. The van der Waals surface area contributed by atoms with Crippen molar-refractivity contribution < 1.29 is 19.5 Å². The summed E-state index contributed by atoms with van der Waals surface area (Å²) in [6.45, 7) is 2.10. The predicted octanol–water partition coefficient (Wildman–Crippen LogP) is 3.66. The molecule has 0 fully saturated rings. The van der Waals surface area contributed by atoms with Crippen molar-refractivity contribution >= 4 is 23.3 Å². The average Bonchev–Trinajstić information content (AvgIpc) is 2.53. The summed E-state index contributed by atoms with van der Waals surface area (Å²) in [5, 5.41) is 13.3. The molecule has 0 amide bonds. The number of nitrogens with zero attached hydrogens (tertiary/aromatic N) is 1. The Kier molecular flexibility index (Phi) is 5.60. The van der Waals surface area contributed by atoms with E-state index in [1.54, 1.807) is 30.3 Å². The highest BCUT2D eigenvalue weighted by Crippen LogP contribution is 2.26. The molecule has 0 bridgehead atoms. The smallest absolute Gasteiger partial charge is 0.358 e. The van der Waals surface area contributed by atoms with Crippen molar-refractivity contribution in [1.82, 2.24) is 0 Å². The van der Waals surface area contributed by atoms with Crippen molar-refractivity contribution in [3.05, 3.63) is 64.2 Å². The van der Waals surface area contributed by atoms with Crippen LogP contribution in [0.25, 0.3) is 0 Å². The second kappa shape index (κ2) is 7.65. The molecule has 0 heterocycles. The summed E-state index contributed by atoms with van der Waals surface area (Å²) in [5.41, 5.74) is 1.95. The van der Waals surface area contributed by atoms with E-state index in [1.807, 2.05) is 19.1 Å². The second-order valence-electron chi connectivity index (χ2n) is 4.81. The molecule has 0 saturated heterocycles. The molecule has 0 saturated carbocycles. The number of ether oxygens (including phenoxy) is 1. The first-order valence-corrected chi connectivity index (χ1v) is 7.22. The largest absolute Gasteiger partial charge is 0.487 e. The molecule has 2 aromatic carbocycles. The molecular weight excluding hydrogens is 318 g/mol. The second-order valence-corrected chi connectivity index (χ2v) is 5.21. The fourth-order valence-electron chi connectivity index (χ4n) is 2.05. The van der Waals surface area contributed by atoms with Gasteiger partial charge in [0.05, 0.1) is 5.02 Å². The molecule has 0 atom stereocenters. The maximum absolute atomic E-state index is 11.3. The molecule has 0 unspecified atom stereocenters. The molecule has 6 heteroatoms. The lowest BCUT2D eigenvalue weighted by Crippen LogP contribution is -2.17. The van der Waals surface area contributed by atoms with Crippen LogP contribution in [-0.2, 0) is 16.2 Å². The number of aryl methyl sites for hydroxylation is 1. The Morgan fingerprint density at radius 3 is 2.70 bits per heavy atom. The first-order valence-electron chi connectivity index (χ1n) is 6.84. The zero-order valence-electron chi connectivity index (χ0n) is 12.7. The first kappa shape index (κ1) is 16.8. The zero-order valence-corrected chi connectivity index (χ0v) is 13.5. The number of hydrogen-bond donors (Lipinski definition) is 1. The Morgan fingerprint density at radius 1 is 1.26 bits per heavy atom. The topological polar surface area (TPSA) is 68.1 Å². The summed E-state index contributed by atoms with van der Waals surface area (Å²) in [7, 11) is 1.30. The van der Waals surface area contributed by atoms with Crippen LogP contribution < -0.4 is 4.74 Å². The summed E-state index contributed by atoms with van der Waals surface area (Å²) in [6, 6.07) is 12.4. The van der Waals surface area contributed by atoms with Gasteiger partial charge in [-0.3, -0.25) is 0 Å². The Balaban J connectivity index is 2.29. The maximum Gasteiger partial charge on any atom is 0.358 e. The number of carboxylic acids is 1. The molecular formula is C17H16ClNO4. The lowest BCUT2D eigenvalue weighted by molar-refractivity contribution is -0.129. The van der Waals surface area contributed by atoms with E-state index >= 15 is 0 Å². The van der Waals surface area contributed by atoms with Crippen LogP contribution in [-0.4, -0.2) is 23.9 Å². The number of benzene rings is 2. The monoisotopic (exact) mass is 333 g/mol. The average molecular weight is 334 g/mol. The highest BCUT2D eigenvalue weighted by atomic mass is 35.5. The molecule has 0 aromatic heterocycles. The minimum atomic E-state index is -1.17. The van der Waals surface area contributed by atoms with Crippen LogP contribution in [0.1, 0.15) is 16.7 Å². The van der Waals surface area contributed by atoms with Gasteiger partial charge in [-0.15, -0.1) is 0 Å². The van der Waals surface area contributed by atoms with E-state index in [9.17, 15) is 9.90 Å². The number of oxime groups is 1. The van der Waals surface area contributed by atoms with Gasteiger partial charge in [0.25, 0.3) is 0 Å². The van der Waals surface area contributed by atoms with Crippen LogP contribution in [0.3, 0.4) is 0 Å². The van der Waals surface area contributed by atoms with Crippen LogP contribution in [0, 0.1) is 6.92 Å². The van der Waals surface area contributed by atoms with Crippen molar-refractivity contribution in [1.29, 1.82) is 0 Å². The summed E-state index contributed by atoms with van der Waals surface area (Å²) >= 11 is 6.10. The van der Waals surface area contributed by atoms with Gasteiger partial charge in [-0.2, -0.15) is 0 Å². The van der Waals surface area contributed by atoms with E-state index in [0.29, 0.717) is 21.9 Å². The molecule has 0 aliphatic heterocycles. The summed E-state index contributed by atoms with van der Waals surface area (Å²) < 4.78 is 5.73. The van der Waals surface area contributed by atoms with Gasteiger partial charge < -0.3 is 14.7 Å². The van der Waals surface area contributed by atoms with Gasteiger partial charge in [0.2, 0.25) is 0 Å². The zero-order chi connectivity index (χ0) is 16.8. The molecule has 0 radical (unpaired) electrons. The molecule has 120 valence electrons. The number of halogens is 1. The van der Waals surface area contributed by atoms with Crippen molar-refractivity contribution in [2.24, 2.45) is 5.16 Å². The van der Waals surface area contributed by atoms with Gasteiger partial charge in [0.1, 0.15) is 19.5 Å². The SMILES string of the molecule is CON=C(C(=O)O)c1ccccc1COc1cc(C)ccc1Cl. The molecule has 5 nitrogen and oxygen atoms in total. The molecule has 0 aliphatic carbocycles. The van der Waals surface area contributed by atoms with Crippen LogP contribution in [0.5, 0.6) is 5.75 Å². The van der Waals surface area contributed by atoms with Crippen LogP contribution >= 0.6 is 11.6 Å². The third-order valence-electron chi connectivity index (χ3n) is 3.13. The molecule has 1 N–H and O–H groups in total. The number of carbonyl (C=O) groups is 1. The third-order valence-corrected chi connectivity index (χ3v) is 3.44. The summed E-state index contributed by atoms with van der Waals surface area (Å²) in [4.78, 5) is 16.0. The molecule has 23 heavy (non-hydrogen) atoms. The number of aliphatic carboxylic acids is 1. The van der Waals surface area contributed by atoms with Gasteiger partial charge in [0.15, 0.2) is 5.71 Å². The Hall–Kier alpha value is -2.53. The fourth-order valence-corrected chi connectivity index (χ4v) is 2.22. The number of hydrogen-bond acceptors (Lipinski definition) is 4. The van der Waals surface area contributed by atoms with Crippen LogP contribution in [0.4, 0.5) is 0 Å². The Labute approximate surface area is 139 Å². The van der Waals surface area contributed by atoms with Crippen LogP contribution in [0.15, 0.2) is 47.6 Å². The number of rotatable bonds is 6. The highest BCUT2D eigenvalue weighted by Gasteiger charge is 2.17. The third kappa shape index (κ3) is 4.23. The lowest BCUT2D eigenvalue weighted by atomic mass is 10.0. The van der Waals surface area contributed by atoms with Gasteiger partial charge in [-0.25, -0.2) is 4.79 Å². The van der Waals surface area contributed by atoms with Crippen molar-refractivity contribution in [2.45, 2.75) is 13.5 Å². The molecule has 2 rings (SSSR count). The molecule has 0 aliphatic rings. The van der Waals surface area contributed by atoms with Gasteiger partial charge >= 0.3 is 5.97 Å². The lowest BCUT2D eigenvalue weighted by Gasteiger charge is -2.12. The van der Waals surface area contributed by atoms with Gasteiger partial charge in [-0.1, -0.05) is 47.1 Å². The summed E-state index contributed by atoms with van der Waals surface area (Å²) in [5.74, 6) is -0.630. The Morgan fingerprint density at radius 2 is 2.00 bits per heavy atom. The van der Waals surface area contributed by atoms with Gasteiger partial charge in [-0.05, 0) is 30.2 Å². The van der Waals surface area contributed by atoms with E-state index < -0.39 is 5.97 Å². The van der Waals surface area contributed by atoms with Gasteiger partial charge in [0, 0.05) is 5.56 Å². The standard InChI is InChI=1S/C17H16ClNO4/c1-11-7-8-14(18)15(9-11)23-10-12-5-3-4-6-13(12)16(17(20)21)19-22-2/h3-9H,10H2,1-2H3,(H,20,21). The van der Waals surface area contributed by atoms with E-state index in [1.165, 1.54) is 7.11 Å². The minimum Gasteiger partial charge on any atom is -0.487 e. The van der Waals surface area contributed by atoms with E-state index in [4.69, 9.17) is 16.3 Å². The molecule has 2 aromatic rings. The van der Waals surface area contributed by atoms with E-state index in [2.05, 4.69) is 9.99 Å². The fraction of sp³-hybridized carbons (Fsp3) is 0.176. The van der Waals surface area contributed by atoms with Crippen molar-refractivity contribution in [3.8, 4) is 5.75 Å². The number of carboxylic acid groups (broad SMARTS) is 1. The van der Waals surface area contributed by atoms with E-state index in [-0.39, 0.29) is 12.3 Å². The highest BCUT2D eigenvalue weighted by molar-refractivity contribution is 6.42. The Bertz CT molecular complexity index is 743. The van der Waals surface area contributed by atoms with Crippen molar-refractivity contribution in [2.75, 3.05) is 7.11 Å². The van der Waals surface area contributed by atoms with Crippen molar-refractivity contribution in [3.63, 3.8) is 0 Å². The quantitative estimate of drug-likeness (QED) is 0.647.